The van der Waals surface area contributed by atoms with E-state index >= 15 is 0 Å². The fourth-order valence-electron chi connectivity index (χ4n) is 3.63. The molecule has 1 heterocycles. The zero-order valence-electron chi connectivity index (χ0n) is 18.5. The van der Waals surface area contributed by atoms with Crippen molar-refractivity contribution in [2.75, 3.05) is 23.8 Å². The molecule has 3 aromatic carbocycles. The Bertz CT molecular complexity index is 1330. The Morgan fingerprint density at radius 2 is 1.64 bits per heavy atom. The molecule has 0 saturated heterocycles. The van der Waals surface area contributed by atoms with Crippen LogP contribution in [-0.4, -0.2) is 28.4 Å². The Kier molecular flexibility index (Phi) is 6.11. The predicted molar refractivity (Wildman–Crippen MR) is 128 cm³/mol. The van der Waals surface area contributed by atoms with Crippen molar-refractivity contribution in [1.29, 1.82) is 0 Å². The molecule has 0 aromatic heterocycles. The molecule has 8 heteroatoms. The third kappa shape index (κ3) is 4.29. The summed E-state index contributed by atoms with van der Waals surface area (Å²) in [5.41, 5.74) is 3.15. The lowest BCUT2D eigenvalue weighted by Gasteiger charge is -2.31. The number of hydrogen-bond acceptors (Lipinski definition) is 6. The van der Waals surface area contributed by atoms with Crippen molar-refractivity contribution in [2.24, 2.45) is 0 Å². The van der Waals surface area contributed by atoms with Crippen molar-refractivity contribution in [3.63, 3.8) is 0 Å². The first-order chi connectivity index (χ1) is 15.8. The minimum Gasteiger partial charge on any atom is -0.493 e. The number of nitrogens with zero attached hydrogens (tertiary/aromatic N) is 1. The standard InChI is InChI=1S/C25H24N2O5S/c1-17-8-10-18(11-9-17)16-27-21-7-5-4-6-20(21)25(28)24(33(27,29)30)15-26-19-12-13-22(31-2)23(14-19)32-3/h4-15,26H,16H2,1-3H3/b24-15+. The van der Waals surface area contributed by atoms with E-state index in [9.17, 15) is 13.2 Å². The van der Waals surface area contributed by atoms with Crippen molar-refractivity contribution >= 4 is 27.2 Å². The number of benzene rings is 3. The van der Waals surface area contributed by atoms with Crippen LogP contribution in [0.15, 0.2) is 77.8 Å². The van der Waals surface area contributed by atoms with Crippen molar-refractivity contribution in [2.45, 2.75) is 13.5 Å². The molecule has 3 aromatic rings. The molecule has 1 aliphatic heterocycles. The molecule has 0 fully saturated rings. The Hall–Kier alpha value is -3.78. The Morgan fingerprint density at radius 1 is 0.939 bits per heavy atom. The van der Waals surface area contributed by atoms with Gasteiger partial charge in [-0.15, -0.1) is 0 Å². The number of rotatable bonds is 6. The van der Waals surface area contributed by atoms with Crippen molar-refractivity contribution < 1.29 is 22.7 Å². The summed E-state index contributed by atoms with van der Waals surface area (Å²) in [5, 5.41) is 2.92. The van der Waals surface area contributed by atoms with Gasteiger partial charge in [-0.05, 0) is 36.8 Å². The molecule has 0 spiro atoms. The maximum atomic E-state index is 13.6. The van der Waals surface area contributed by atoms with E-state index in [-0.39, 0.29) is 11.4 Å². The summed E-state index contributed by atoms with van der Waals surface area (Å²) < 4.78 is 38.9. The van der Waals surface area contributed by atoms with Crippen LogP contribution in [0.1, 0.15) is 21.5 Å². The number of methoxy groups -OCH3 is 2. The van der Waals surface area contributed by atoms with Crippen LogP contribution in [0.25, 0.3) is 0 Å². The Balaban J connectivity index is 1.74. The van der Waals surface area contributed by atoms with Crippen LogP contribution < -0.4 is 19.1 Å². The van der Waals surface area contributed by atoms with Gasteiger partial charge in [-0.25, -0.2) is 8.42 Å². The maximum absolute atomic E-state index is 13.6. The number of ketones is 1. The highest BCUT2D eigenvalue weighted by Crippen LogP contribution is 2.36. The number of carbonyl (C=O) groups is 1. The average Bonchev–Trinajstić information content (AvgIpc) is 2.82. The number of aryl methyl sites for hydroxylation is 1. The Labute approximate surface area is 193 Å². The van der Waals surface area contributed by atoms with Gasteiger partial charge in [-0.2, -0.15) is 0 Å². The molecule has 7 nitrogen and oxygen atoms in total. The topological polar surface area (TPSA) is 84.9 Å². The van der Waals surface area contributed by atoms with E-state index in [0.717, 1.165) is 11.1 Å². The van der Waals surface area contributed by atoms with E-state index in [1.165, 1.54) is 24.7 Å². The molecule has 4 rings (SSSR count). The van der Waals surface area contributed by atoms with E-state index < -0.39 is 15.8 Å². The molecule has 0 saturated carbocycles. The fraction of sp³-hybridized carbons (Fsp3) is 0.160. The lowest BCUT2D eigenvalue weighted by molar-refractivity contribution is 0.104. The van der Waals surface area contributed by atoms with Gasteiger partial charge >= 0.3 is 0 Å². The zero-order valence-corrected chi connectivity index (χ0v) is 19.3. The van der Waals surface area contributed by atoms with E-state index in [1.54, 1.807) is 42.5 Å². The number of sulfonamides is 1. The van der Waals surface area contributed by atoms with Crippen LogP contribution in [-0.2, 0) is 16.6 Å². The first-order valence-electron chi connectivity index (χ1n) is 10.3. The number of ether oxygens (including phenoxy) is 2. The van der Waals surface area contributed by atoms with Crippen LogP contribution in [0.2, 0.25) is 0 Å². The van der Waals surface area contributed by atoms with Gasteiger partial charge in [0.1, 0.15) is 0 Å². The first kappa shape index (κ1) is 22.4. The second-order valence-electron chi connectivity index (χ2n) is 7.57. The molecule has 0 radical (unpaired) electrons. The molecule has 0 aliphatic carbocycles. The fourth-order valence-corrected chi connectivity index (χ4v) is 5.15. The highest BCUT2D eigenvalue weighted by Gasteiger charge is 2.40. The number of anilines is 2. The van der Waals surface area contributed by atoms with Gasteiger partial charge in [-0.3, -0.25) is 9.10 Å². The van der Waals surface area contributed by atoms with Crippen molar-refractivity contribution in [3.05, 3.63) is 94.5 Å². The summed E-state index contributed by atoms with van der Waals surface area (Å²) in [6, 6.07) is 19.4. The second-order valence-corrected chi connectivity index (χ2v) is 9.40. The van der Waals surface area contributed by atoms with Gasteiger partial charge < -0.3 is 14.8 Å². The molecule has 0 bridgehead atoms. The van der Waals surface area contributed by atoms with Gasteiger partial charge in [0.25, 0.3) is 10.0 Å². The number of Topliss-reactive ketones (excluding diaryl/α,β-unsaturated/α-hetero) is 1. The highest BCUT2D eigenvalue weighted by molar-refractivity contribution is 7.97. The number of fused-ring (bicyclic) bond motifs is 1. The average molecular weight is 465 g/mol. The van der Waals surface area contributed by atoms with Gasteiger partial charge in [0.15, 0.2) is 16.4 Å². The van der Waals surface area contributed by atoms with Gasteiger partial charge in [0, 0.05) is 23.5 Å². The highest BCUT2D eigenvalue weighted by atomic mass is 32.2. The van der Waals surface area contributed by atoms with Crippen molar-refractivity contribution in [3.8, 4) is 11.5 Å². The number of nitrogens with one attached hydrogen (secondary N) is 1. The molecular weight excluding hydrogens is 440 g/mol. The lowest BCUT2D eigenvalue weighted by atomic mass is 10.1. The van der Waals surface area contributed by atoms with E-state index in [2.05, 4.69) is 5.32 Å². The molecule has 33 heavy (non-hydrogen) atoms. The number of para-hydroxylation sites is 1. The van der Waals surface area contributed by atoms with E-state index in [0.29, 0.717) is 28.4 Å². The number of carbonyl (C=O) groups excluding carboxylic acids is 1. The van der Waals surface area contributed by atoms with Crippen LogP contribution in [0.4, 0.5) is 11.4 Å². The summed E-state index contributed by atoms with van der Waals surface area (Å²) in [4.78, 5) is 12.8. The summed E-state index contributed by atoms with van der Waals surface area (Å²) in [5.74, 6) is 0.457. The quantitative estimate of drug-likeness (QED) is 0.541. The van der Waals surface area contributed by atoms with Crippen LogP contribution in [0.3, 0.4) is 0 Å². The zero-order chi connectivity index (χ0) is 23.6. The second kappa shape index (κ2) is 8.99. The molecule has 170 valence electrons. The predicted octanol–water partition coefficient (Wildman–Crippen LogP) is 4.50. The summed E-state index contributed by atoms with van der Waals surface area (Å²) in [6.45, 7) is 2.08. The summed E-state index contributed by atoms with van der Waals surface area (Å²) in [6.07, 6.45) is 1.23. The lowest BCUT2D eigenvalue weighted by Crippen LogP contribution is -2.39. The van der Waals surface area contributed by atoms with Gasteiger partial charge in [0.05, 0.1) is 26.5 Å². The van der Waals surface area contributed by atoms with Crippen molar-refractivity contribution in [1.82, 2.24) is 0 Å². The summed E-state index contributed by atoms with van der Waals surface area (Å²) in [7, 11) is -1.07. The monoisotopic (exact) mass is 464 g/mol. The molecule has 1 aliphatic rings. The minimum atomic E-state index is -4.11. The third-order valence-electron chi connectivity index (χ3n) is 5.41. The molecule has 0 amide bonds. The van der Waals surface area contributed by atoms with E-state index in [1.807, 2.05) is 31.2 Å². The van der Waals surface area contributed by atoms with Crippen LogP contribution in [0.5, 0.6) is 11.5 Å². The van der Waals surface area contributed by atoms with Crippen LogP contribution in [0, 0.1) is 6.92 Å². The molecule has 0 atom stereocenters. The summed E-state index contributed by atoms with van der Waals surface area (Å²) >= 11 is 0. The minimum absolute atomic E-state index is 0.112. The molecule has 1 N–H and O–H groups in total. The number of allylic oxidation sites excluding steroid dienone is 1. The van der Waals surface area contributed by atoms with Gasteiger partial charge in [-0.1, -0.05) is 42.0 Å². The maximum Gasteiger partial charge on any atom is 0.270 e. The third-order valence-corrected chi connectivity index (χ3v) is 7.17. The number of hydrogen-bond donors (Lipinski definition) is 1. The van der Waals surface area contributed by atoms with Gasteiger partial charge in [0.2, 0.25) is 5.78 Å². The largest absolute Gasteiger partial charge is 0.493 e. The SMILES string of the molecule is COc1ccc(N/C=C2\C(=O)c3ccccc3N(Cc3ccc(C)cc3)S2(=O)=O)cc1OC. The van der Waals surface area contributed by atoms with E-state index in [4.69, 9.17) is 9.47 Å². The smallest absolute Gasteiger partial charge is 0.270 e. The molecular formula is C25H24N2O5S. The first-order valence-corrected chi connectivity index (χ1v) is 11.7. The Morgan fingerprint density at radius 3 is 2.33 bits per heavy atom. The molecule has 0 unspecified atom stereocenters. The van der Waals surface area contributed by atoms with Crippen LogP contribution >= 0.6 is 0 Å². The normalized spacial score (nSPS) is 15.8.